The van der Waals surface area contributed by atoms with E-state index >= 15 is 0 Å². The van der Waals surface area contributed by atoms with E-state index in [4.69, 9.17) is 0 Å². The summed E-state index contributed by atoms with van der Waals surface area (Å²) in [5.41, 5.74) is -0.173. The SMILES string of the molecule is CN[C@@H]1CCN(C(=O)NCCCCCN2C(=O)CC(C(C)(C)C)C2=O)C1. The first-order valence-corrected chi connectivity index (χ1v) is 9.78. The predicted octanol–water partition coefficient (Wildman–Crippen LogP) is 1.58. The summed E-state index contributed by atoms with van der Waals surface area (Å²) in [5.74, 6) is -0.267. The third-order valence-corrected chi connectivity index (χ3v) is 5.51. The Morgan fingerprint density at radius 2 is 1.92 bits per heavy atom. The molecule has 0 aliphatic carbocycles. The van der Waals surface area contributed by atoms with E-state index in [-0.39, 0.29) is 29.2 Å². The lowest BCUT2D eigenvalue weighted by Crippen LogP contribution is -2.40. The number of carbonyl (C=O) groups excluding carboxylic acids is 3. The molecule has 0 saturated carbocycles. The summed E-state index contributed by atoms with van der Waals surface area (Å²) in [5, 5.41) is 6.15. The molecule has 0 aromatic heterocycles. The smallest absolute Gasteiger partial charge is 0.317 e. The van der Waals surface area contributed by atoms with Crippen molar-refractivity contribution in [2.45, 2.75) is 58.9 Å². The number of nitrogens with zero attached hydrogens (tertiary/aromatic N) is 2. The van der Waals surface area contributed by atoms with E-state index in [9.17, 15) is 14.4 Å². The van der Waals surface area contributed by atoms with Crippen LogP contribution in [0.15, 0.2) is 0 Å². The second-order valence-electron chi connectivity index (χ2n) is 8.52. The van der Waals surface area contributed by atoms with Crippen LogP contribution in [0.5, 0.6) is 0 Å². The summed E-state index contributed by atoms with van der Waals surface area (Å²) in [7, 11) is 1.92. The van der Waals surface area contributed by atoms with E-state index < -0.39 is 0 Å². The molecule has 2 rings (SSSR count). The average Bonchev–Trinajstić information content (AvgIpc) is 3.16. The van der Waals surface area contributed by atoms with Gasteiger partial charge in [0.2, 0.25) is 11.8 Å². The minimum atomic E-state index is -0.198. The molecule has 2 atom stereocenters. The Kier molecular flexibility index (Phi) is 7.03. The minimum Gasteiger partial charge on any atom is -0.338 e. The average molecular weight is 367 g/mol. The Morgan fingerprint density at radius 3 is 2.50 bits per heavy atom. The fraction of sp³-hybridized carbons (Fsp3) is 0.842. The van der Waals surface area contributed by atoms with Gasteiger partial charge in [0.05, 0.1) is 5.92 Å². The summed E-state index contributed by atoms with van der Waals surface area (Å²) in [6.07, 6.45) is 3.86. The molecular weight excluding hydrogens is 332 g/mol. The molecular formula is C19H34N4O3. The van der Waals surface area contributed by atoms with Crippen molar-refractivity contribution in [1.29, 1.82) is 0 Å². The molecule has 148 valence electrons. The zero-order valence-electron chi connectivity index (χ0n) is 16.6. The summed E-state index contributed by atoms with van der Waals surface area (Å²) >= 11 is 0. The van der Waals surface area contributed by atoms with Crippen LogP contribution < -0.4 is 10.6 Å². The molecule has 7 heteroatoms. The molecule has 1 unspecified atom stereocenters. The third-order valence-electron chi connectivity index (χ3n) is 5.51. The number of unbranched alkanes of at least 4 members (excludes halogenated alkanes) is 2. The minimum absolute atomic E-state index is 0.000618. The maximum atomic E-state index is 12.4. The molecule has 0 radical (unpaired) electrons. The summed E-state index contributed by atoms with van der Waals surface area (Å²) in [6.45, 7) is 8.71. The van der Waals surface area contributed by atoms with Crippen LogP contribution in [0.3, 0.4) is 0 Å². The number of imide groups is 1. The van der Waals surface area contributed by atoms with Gasteiger partial charge in [-0.1, -0.05) is 20.8 Å². The van der Waals surface area contributed by atoms with Crippen LogP contribution in [0.4, 0.5) is 4.79 Å². The number of rotatable bonds is 7. The van der Waals surface area contributed by atoms with Gasteiger partial charge < -0.3 is 15.5 Å². The molecule has 0 bridgehead atoms. The van der Waals surface area contributed by atoms with Gasteiger partial charge in [-0.3, -0.25) is 14.5 Å². The molecule has 0 spiro atoms. The molecule has 0 aromatic rings. The summed E-state index contributed by atoms with van der Waals surface area (Å²) < 4.78 is 0. The number of nitrogens with one attached hydrogen (secondary N) is 2. The first kappa shape index (κ1) is 20.7. The third kappa shape index (κ3) is 5.19. The highest BCUT2D eigenvalue weighted by atomic mass is 16.2. The van der Waals surface area contributed by atoms with Crippen molar-refractivity contribution < 1.29 is 14.4 Å². The second-order valence-corrected chi connectivity index (χ2v) is 8.52. The number of carbonyl (C=O) groups is 3. The molecule has 2 fully saturated rings. The highest BCUT2D eigenvalue weighted by Crippen LogP contribution is 2.35. The number of hydrogen-bond acceptors (Lipinski definition) is 4. The molecule has 2 N–H and O–H groups in total. The van der Waals surface area contributed by atoms with Gasteiger partial charge in [0.1, 0.15) is 0 Å². The lowest BCUT2D eigenvalue weighted by Gasteiger charge is -2.24. The van der Waals surface area contributed by atoms with Crippen LogP contribution in [0.2, 0.25) is 0 Å². The largest absolute Gasteiger partial charge is 0.338 e. The van der Waals surface area contributed by atoms with Gasteiger partial charge in [-0.25, -0.2) is 4.79 Å². The second kappa shape index (κ2) is 8.84. The number of urea groups is 1. The summed E-state index contributed by atoms with van der Waals surface area (Å²) in [4.78, 5) is 39.8. The number of likely N-dealkylation sites (tertiary alicyclic amines) is 2. The fourth-order valence-corrected chi connectivity index (χ4v) is 3.65. The Balaban J connectivity index is 1.60. The van der Waals surface area contributed by atoms with Gasteiger partial charge in [0.15, 0.2) is 0 Å². The number of amides is 4. The van der Waals surface area contributed by atoms with Crippen molar-refractivity contribution in [3.8, 4) is 0 Å². The molecule has 2 aliphatic heterocycles. The first-order chi connectivity index (χ1) is 12.2. The lowest BCUT2D eigenvalue weighted by atomic mass is 9.80. The normalized spacial score (nSPS) is 23.8. The van der Waals surface area contributed by atoms with Gasteiger partial charge in [0, 0.05) is 38.6 Å². The quantitative estimate of drug-likeness (QED) is 0.529. The van der Waals surface area contributed by atoms with E-state index in [2.05, 4.69) is 10.6 Å². The molecule has 0 aromatic carbocycles. The van der Waals surface area contributed by atoms with Crippen molar-refractivity contribution in [2.75, 3.05) is 33.2 Å². The van der Waals surface area contributed by atoms with E-state index in [1.54, 1.807) is 0 Å². The van der Waals surface area contributed by atoms with Crippen molar-refractivity contribution in [3.05, 3.63) is 0 Å². The Bertz CT molecular complexity index is 529. The van der Waals surface area contributed by atoms with Gasteiger partial charge in [-0.15, -0.1) is 0 Å². The molecule has 26 heavy (non-hydrogen) atoms. The first-order valence-electron chi connectivity index (χ1n) is 9.78. The van der Waals surface area contributed by atoms with Gasteiger partial charge in [0.25, 0.3) is 0 Å². The molecule has 2 saturated heterocycles. The van der Waals surface area contributed by atoms with E-state index in [1.165, 1.54) is 4.90 Å². The van der Waals surface area contributed by atoms with E-state index in [1.807, 2.05) is 32.7 Å². The van der Waals surface area contributed by atoms with Crippen LogP contribution in [0.1, 0.15) is 52.9 Å². The molecule has 7 nitrogen and oxygen atoms in total. The van der Waals surface area contributed by atoms with Crippen LogP contribution in [-0.4, -0.2) is 66.9 Å². The lowest BCUT2D eigenvalue weighted by molar-refractivity contribution is -0.140. The standard InChI is InChI=1S/C19H34N4O3/c1-19(2,3)15-12-16(24)23(17(15)25)10-7-5-6-9-21-18(26)22-11-8-14(13-22)20-4/h14-15,20H,5-13H2,1-4H3,(H,21,26)/t14-,15?/m1/s1. The monoisotopic (exact) mass is 366 g/mol. The predicted molar refractivity (Wildman–Crippen MR) is 101 cm³/mol. The highest BCUT2D eigenvalue weighted by Gasteiger charge is 2.44. The van der Waals surface area contributed by atoms with Crippen molar-refractivity contribution >= 4 is 17.8 Å². The van der Waals surface area contributed by atoms with Crippen LogP contribution in [-0.2, 0) is 9.59 Å². The zero-order valence-corrected chi connectivity index (χ0v) is 16.6. The van der Waals surface area contributed by atoms with E-state index in [0.29, 0.717) is 25.6 Å². The fourth-order valence-electron chi connectivity index (χ4n) is 3.65. The van der Waals surface area contributed by atoms with Crippen molar-refractivity contribution in [3.63, 3.8) is 0 Å². The zero-order chi connectivity index (χ0) is 19.3. The topological polar surface area (TPSA) is 81.8 Å². The molecule has 2 aliphatic rings. The maximum Gasteiger partial charge on any atom is 0.317 e. The van der Waals surface area contributed by atoms with Crippen LogP contribution in [0, 0.1) is 11.3 Å². The maximum absolute atomic E-state index is 12.4. The van der Waals surface area contributed by atoms with Crippen molar-refractivity contribution in [2.24, 2.45) is 11.3 Å². The Hall–Kier alpha value is -1.63. The van der Waals surface area contributed by atoms with Gasteiger partial charge in [-0.2, -0.15) is 0 Å². The van der Waals surface area contributed by atoms with Gasteiger partial charge in [-0.05, 0) is 38.1 Å². The summed E-state index contributed by atoms with van der Waals surface area (Å²) in [6, 6.07) is 0.397. The number of hydrogen-bond donors (Lipinski definition) is 2. The molecule has 4 amide bonds. The van der Waals surface area contributed by atoms with Gasteiger partial charge >= 0.3 is 6.03 Å². The molecule has 2 heterocycles. The number of likely N-dealkylation sites (N-methyl/N-ethyl adjacent to an activating group) is 1. The van der Waals surface area contributed by atoms with Crippen LogP contribution in [0.25, 0.3) is 0 Å². The Labute approximate surface area is 156 Å². The van der Waals surface area contributed by atoms with Crippen molar-refractivity contribution in [1.82, 2.24) is 20.4 Å². The Morgan fingerprint density at radius 1 is 1.19 bits per heavy atom. The van der Waals surface area contributed by atoms with Crippen LogP contribution >= 0.6 is 0 Å². The highest BCUT2D eigenvalue weighted by molar-refractivity contribution is 6.03. The van der Waals surface area contributed by atoms with E-state index in [0.717, 1.165) is 38.8 Å².